The van der Waals surface area contributed by atoms with Gasteiger partial charge in [0.15, 0.2) is 5.82 Å². The quantitative estimate of drug-likeness (QED) is 0.890. The molecule has 1 aromatic carbocycles. The van der Waals surface area contributed by atoms with E-state index < -0.39 is 0 Å². The fourth-order valence-electron chi connectivity index (χ4n) is 2.01. The first kappa shape index (κ1) is 13.7. The standard InChI is InChI=1S/C16H21N3/c1-4-5-13-10-18-16(19-11-13)15-8-6-14(7-9-15)12(2)17-3/h6-12,17H,4-5H2,1-3H3. The van der Waals surface area contributed by atoms with E-state index >= 15 is 0 Å². The zero-order valence-corrected chi connectivity index (χ0v) is 11.9. The zero-order valence-electron chi connectivity index (χ0n) is 11.9. The fourth-order valence-corrected chi connectivity index (χ4v) is 2.01. The van der Waals surface area contributed by atoms with Crippen molar-refractivity contribution in [3.05, 3.63) is 47.8 Å². The van der Waals surface area contributed by atoms with Crippen LogP contribution in [0, 0.1) is 0 Å². The number of hydrogen-bond acceptors (Lipinski definition) is 3. The second kappa shape index (κ2) is 6.43. The molecule has 0 fully saturated rings. The van der Waals surface area contributed by atoms with E-state index in [4.69, 9.17) is 0 Å². The van der Waals surface area contributed by atoms with Crippen molar-refractivity contribution in [2.24, 2.45) is 0 Å². The molecule has 0 amide bonds. The van der Waals surface area contributed by atoms with Crippen molar-refractivity contribution in [2.45, 2.75) is 32.7 Å². The van der Waals surface area contributed by atoms with Gasteiger partial charge in [-0.25, -0.2) is 9.97 Å². The Morgan fingerprint density at radius 3 is 2.26 bits per heavy atom. The van der Waals surface area contributed by atoms with Crippen LogP contribution in [0.4, 0.5) is 0 Å². The average molecular weight is 255 g/mol. The second-order valence-corrected chi connectivity index (χ2v) is 4.80. The van der Waals surface area contributed by atoms with Crippen LogP contribution in [0.25, 0.3) is 11.4 Å². The van der Waals surface area contributed by atoms with Crippen LogP contribution >= 0.6 is 0 Å². The van der Waals surface area contributed by atoms with Gasteiger partial charge in [0.05, 0.1) is 0 Å². The van der Waals surface area contributed by atoms with Crippen LogP contribution in [0.5, 0.6) is 0 Å². The molecule has 0 bridgehead atoms. The highest BCUT2D eigenvalue weighted by Crippen LogP contribution is 2.18. The number of aryl methyl sites for hydroxylation is 1. The number of hydrogen-bond donors (Lipinski definition) is 1. The number of aromatic nitrogens is 2. The molecule has 2 aromatic rings. The molecule has 1 unspecified atom stereocenters. The van der Waals surface area contributed by atoms with Gasteiger partial charge in [-0.2, -0.15) is 0 Å². The smallest absolute Gasteiger partial charge is 0.159 e. The van der Waals surface area contributed by atoms with Gasteiger partial charge < -0.3 is 5.32 Å². The molecule has 3 nitrogen and oxygen atoms in total. The molecule has 0 saturated carbocycles. The minimum atomic E-state index is 0.363. The fraction of sp³-hybridized carbons (Fsp3) is 0.375. The topological polar surface area (TPSA) is 37.8 Å². The summed E-state index contributed by atoms with van der Waals surface area (Å²) in [4.78, 5) is 8.87. The van der Waals surface area contributed by atoms with Gasteiger partial charge in [-0.1, -0.05) is 37.6 Å². The summed E-state index contributed by atoms with van der Waals surface area (Å²) < 4.78 is 0. The molecule has 0 aliphatic heterocycles. The van der Waals surface area contributed by atoms with Gasteiger partial charge >= 0.3 is 0 Å². The molecule has 19 heavy (non-hydrogen) atoms. The van der Waals surface area contributed by atoms with Gasteiger partial charge in [-0.3, -0.25) is 0 Å². The lowest BCUT2D eigenvalue weighted by atomic mass is 10.1. The van der Waals surface area contributed by atoms with Crippen LogP contribution in [-0.4, -0.2) is 17.0 Å². The van der Waals surface area contributed by atoms with Gasteiger partial charge in [0.2, 0.25) is 0 Å². The van der Waals surface area contributed by atoms with E-state index in [0.717, 1.165) is 24.2 Å². The Balaban J connectivity index is 2.17. The Morgan fingerprint density at radius 2 is 1.74 bits per heavy atom. The third-order valence-electron chi connectivity index (χ3n) is 3.35. The average Bonchev–Trinajstić information content (AvgIpc) is 2.48. The van der Waals surface area contributed by atoms with Crippen LogP contribution in [0.3, 0.4) is 0 Å². The Labute approximate surface area is 115 Å². The summed E-state index contributed by atoms with van der Waals surface area (Å²) in [6.45, 7) is 4.31. The molecule has 0 spiro atoms. The van der Waals surface area contributed by atoms with E-state index in [9.17, 15) is 0 Å². The number of rotatable bonds is 5. The van der Waals surface area contributed by atoms with Crippen molar-refractivity contribution < 1.29 is 0 Å². The Kier molecular flexibility index (Phi) is 4.63. The molecule has 0 aliphatic rings. The van der Waals surface area contributed by atoms with E-state index in [1.807, 2.05) is 19.4 Å². The van der Waals surface area contributed by atoms with Gasteiger partial charge in [-0.05, 0) is 31.5 Å². The lowest BCUT2D eigenvalue weighted by molar-refractivity contribution is 0.652. The molecule has 2 rings (SSSR count). The van der Waals surface area contributed by atoms with Crippen molar-refractivity contribution in [3.63, 3.8) is 0 Å². The summed E-state index contributed by atoms with van der Waals surface area (Å²) in [6.07, 6.45) is 6.02. The first-order chi connectivity index (χ1) is 9.24. The highest BCUT2D eigenvalue weighted by molar-refractivity contribution is 5.55. The SMILES string of the molecule is CCCc1cnc(-c2ccc(C(C)NC)cc2)nc1. The maximum atomic E-state index is 4.44. The van der Waals surface area contributed by atoms with Gasteiger partial charge in [-0.15, -0.1) is 0 Å². The predicted molar refractivity (Wildman–Crippen MR) is 78.9 cm³/mol. The molecular formula is C16H21N3. The Hall–Kier alpha value is -1.74. The van der Waals surface area contributed by atoms with Crippen molar-refractivity contribution in [3.8, 4) is 11.4 Å². The van der Waals surface area contributed by atoms with E-state index in [0.29, 0.717) is 6.04 Å². The van der Waals surface area contributed by atoms with E-state index in [-0.39, 0.29) is 0 Å². The lowest BCUT2D eigenvalue weighted by Crippen LogP contribution is -2.11. The number of nitrogens with one attached hydrogen (secondary N) is 1. The molecule has 100 valence electrons. The van der Waals surface area contributed by atoms with Crippen LogP contribution in [0.15, 0.2) is 36.7 Å². The summed E-state index contributed by atoms with van der Waals surface area (Å²) in [7, 11) is 1.97. The van der Waals surface area contributed by atoms with Crippen LogP contribution in [0.1, 0.15) is 37.4 Å². The molecule has 0 aliphatic carbocycles. The van der Waals surface area contributed by atoms with Gasteiger partial charge in [0.1, 0.15) is 0 Å². The zero-order chi connectivity index (χ0) is 13.7. The van der Waals surface area contributed by atoms with E-state index in [1.54, 1.807) is 0 Å². The molecule has 1 aromatic heterocycles. The molecular weight excluding hydrogens is 234 g/mol. The van der Waals surface area contributed by atoms with Gasteiger partial charge in [0.25, 0.3) is 0 Å². The summed E-state index contributed by atoms with van der Waals surface area (Å²) >= 11 is 0. The maximum Gasteiger partial charge on any atom is 0.159 e. The minimum absolute atomic E-state index is 0.363. The normalized spacial score (nSPS) is 12.4. The molecule has 1 N–H and O–H groups in total. The molecule has 3 heteroatoms. The number of nitrogens with zero attached hydrogens (tertiary/aromatic N) is 2. The Morgan fingerprint density at radius 1 is 1.11 bits per heavy atom. The highest BCUT2D eigenvalue weighted by atomic mass is 14.9. The van der Waals surface area contributed by atoms with Crippen molar-refractivity contribution in [1.82, 2.24) is 15.3 Å². The Bertz CT molecular complexity index is 503. The third kappa shape index (κ3) is 3.38. The summed E-state index contributed by atoms with van der Waals surface area (Å²) in [6, 6.07) is 8.78. The minimum Gasteiger partial charge on any atom is -0.313 e. The molecule has 1 atom stereocenters. The van der Waals surface area contributed by atoms with Crippen molar-refractivity contribution in [2.75, 3.05) is 7.05 Å². The molecule has 1 heterocycles. The molecule has 0 saturated heterocycles. The first-order valence-electron chi connectivity index (χ1n) is 6.83. The summed E-state index contributed by atoms with van der Waals surface area (Å²) in [5.41, 5.74) is 3.54. The predicted octanol–water partition coefficient (Wildman–Crippen LogP) is 3.38. The summed E-state index contributed by atoms with van der Waals surface area (Å²) in [5, 5.41) is 3.23. The van der Waals surface area contributed by atoms with Crippen LogP contribution in [-0.2, 0) is 6.42 Å². The lowest BCUT2D eigenvalue weighted by Gasteiger charge is -2.10. The second-order valence-electron chi connectivity index (χ2n) is 4.80. The largest absolute Gasteiger partial charge is 0.313 e. The maximum absolute atomic E-state index is 4.44. The van der Waals surface area contributed by atoms with Crippen molar-refractivity contribution in [1.29, 1.82) is 0 Å². The summed E-state index contributed by atoms with van der Waals surface area (Å²) in [5.74, 6) is 0.795. The van der Waals surface area contributed by atoms with Crippen molar-refractivity contribution >= 4 is 0 Å². The first-order valence-corrected chi connectivity index (χ1v) is 6.83. The monoisotopic (exact) mass is 255 g/mol. The molecule has 0 radical (unpaired) electrons. The van der Waals surface area contributed by atoms with Gasteiger partial charge in [0, 0.05) is 24.0 Å². The highest BCUT2D eigenvalue weighted by Gasteiger charge is 2.04. The van der Waals surface area contributed by atoms with E-state index in [2.05, 4.69) is 53.4 Å². The third-order valence-corrected chi connectivity index (χ3v) is 3.35. The van der Waals surface area contributed by atoms with E-state index in [1.165, 1.54) is 11.1 Å². The number of benzene rings is 1. The van der Waals surface area contributed by atoms with Crippen LogP contribution in [0.2, 0.25) is 0 Å². The van der Waals surface area contributed by atoms with Crippen LogP contribution < -0.4 is 5.32 Å².